The molecule has 1 aromatic heterocycles. The van der Waals surface area contributed by atoms with Gasteiger partial charge in [0.1, 0.15) is 0 Å². The summed E-state index contributed by atoms with van der Waals surface area (Å²) in [6.07, 6.45) is 6.35. The Kier molecular flexibility index (Phi) is 4.53. The van der Waals surface area contributed by atoms with Crippen molar-refractivity contribution in [3.8, 4) is 0 Å². The molecule has 0 unspecified atom stereocenters. The summed E-state index contributed by atoms with van der Waals surface area (Å²) in [5.41, 5.74) is 0.359. The van der Waals surface area contributed by atoms with E-state index < -0.39 is 0 Å². The van der Waals surface area contributed by atoms with Crippen molar-refractivity contribution < 1.29 is 4.79 Å². The van der Waals surface area contributed by atoms with Gasteiger partial charge in [0.2, 0.25) is 0 Å². The fourth-order valence-electron chi connectivity index (χ4n) is 2.47. The van der Waals surface area contributed by atoms with Gasteiger partial charge >= 0.3 is 0 Å². The molecule has 4 nitrogen and oxygen atoms in total. The van der Waals surface area contributed by atoms with E-state index in [2.05, 4.69) is 10.2 Å². The molecule has 0 atom stereocenters. The lowest BCUT2D eigenvalue weighted by atomic mass is 9.89. The SMILES string of the molecule is CN(CC1CCCCC1)C(=O)c1ccc(Cl)nn1. The van der Waals surface area contributed by atoms with E-state index in [0.717, 1.165) is 6.54 Å². The topological polar surface area (TPSA) is 46.1 Å². The molecule has 0 saturated heterocycles. The molecule has 1 aliphatic carbocycles. The highest BCUT2D eigenvalue weighted by atomic mass is 35.5. The van der Waals surface area contributed by atoms with Crippen LogP contribution in [0.3, 0.4) is 0 Å². The lowest BCUT2D eigenvalue weighted by molar-refractivity contribution is 0.0753. The molecule has 0 N–H and O–H groups in total. The van der Waals surface area contributed by atoms with Crippen LogP contribution in [0.5, 0.6) is 0 Å². The molecule has 1 aromatic rings. The molecule has 1 aliphatic rings. The second-order valence-corrected chi connectivity index (χ2v) is 5.32. The smallest absolute Gasteiger partial charge is 0.274 e. The van der Waals surface area contributed by atoms with Crippen molar-refractivity contribution in [1.82, 2.24) is 15.1 Å². The molecule has 98 valence electrons. The third kappa shape index (κ3) is 3.42. The van der Waals surface area contributed by atoms with E-state index in [1.807, 2.05) is 7.05 Å². The van der Waals surface area contributed by atoms with Gasteiger partial charge in [-0.1, -0.05) is 30.9 Å². The molecule has 0 aliphatic heterocycles. The standard InChI is InChI=1S/C13H18ClN3O/c1-17(9-10-5-3-2-4-6-10)13(18)11-7-8-12(14)16-15-11/h7-8,10H,2-6,9H2,1H3. The van der Waals surface area contributed by atoms with Crippen molar-refractivity contribution in [3.05, 3.63) is 23.0 Å². The minimum Gasteiger partial charge on any atom is -0.340 e. The van der Waals surface area contributed by atoms with Gasteiger partial charge in [-0.05, 0) is 30.9 Å². The molecule has 0 aromatic carbocycles. The molecule has 0 spiro atoms. The Labute approximate surface area is 112 Å². The number of carbonyl (C=O) groups excluding carboxylic acids is 1. The van der Waals surface area contributed by atoms with Crippen molar-refractivity contribution >= 4 is 17.5 Å². The number of hydrogen-bond acceptors (Lipinski definition) is 3. The van der Waals surface area contributed by atoms with Crippen LogP contribution in [0.2, 0.25) is 5.15 Å². The van der Waals surface area contributed by atoms with Gasteiger partial charge in [0.25, 0.3) is 5.91 Å². The molecule has 0 radical (unpaired) electrons. The predicted molar refractivity (Wildman–Crippen MR) is 70.6 cm³/mol. The quantitative estimate of drug-likeness (QED) is 0.846. The van der Waals surface area contributed by atoms with Crippen LogP contribution in [0.15, 0.2) is 12.1 Å². The molecule has 18 heavy (non-hydrogen) atoms. The summed E-state index contributed by atoms with van der Waals surface area (Å²) in [6, 6.07) is 3.21. The van der Waals surface area contributed by atoms with Gasteiger partial charge in [-0.3, -0.25) is 4.79 Å². The van der Waals surface area contributed by atoms with E-state index in [9.17, 15) is 4.79 Å². The summed E-state index contributed by atoms with van der Waals surface area (Å²) in [5.74, 6) is 0.553. The van der Waals surface area contributed by atoms with Gasteiger partial charge in [0, 0.05) is 13.6 Å². The average molecular weight is 268 g/mol. The van der Waals surface area contributed by atoms with Gasteiger partial charge in [-0.15, -0.1) is 10.2 Å². The zero-order valence-corrected chi connectivity index (χ0v) is 11.4. The van der Waals surface area contributed by atoms with Crippen LogP contribution >= 0.6 is 11.6 Å². The lowest BCUT2D eigenvalue weighted by Crippen LogP contribution is -2.33. The Hall–Kier alpha value is -1.16. The van der Waals surface area contributed by atoms with Crippen LogP contribution in [0.1, 0.15) is 42.6 Å². The summed E-state index contributed by atoms with van der Waals surface area (Å²) in [7, 11) is 1.83. The fourth-order valence-corrected chi connectivity index (χ4v) is 2.57. The first-order valence-corrected chi connectivity index (χ1v) is 6.79. The Morgan fingerprint density at radius 2 is 2.06 bits per heavy atom. The van der Waals surface area contributed by atoms with Gasteiger partial charge < -0.3 is 4.90 Å². The number of halogens is 1. The minimum absolute atomic E-state index is 0.0789. The maximum absolute atomic E-state index is 12.1. The third-order valence-electron chi connectivity index (χ3n) is 3.45. The van der Waals surface area contributed by atoms with E-state index in [1.165, 1.54) is 32.1 Å². The van der Waals surface area contributed by atoms with Crippen LogP contribution in [-0.4, -0.2) is 34.6 Å². The summed E-state index contributed by atoms with van der Waals surface area (Å²) >= 11 is 5.65. The highest BCUT2D eigenvalue weighted by Crippen LogP contribution is 2.24. The molecule has 1 amide bonds. The molecular formula is C13H18ClN3O. The number of hydrogen-bond donors (Lipinski definition) is 0. The maximum Gasteiger partial charge on any atom is 0.274 e. The molecule has 1 saturated carbocycles. The zero-order chi connectivity index (χ0) is 13.0. The van der Waals surface area contributed by atoms with Crippen molar-refractivity contribution in [2.75, 3.05) is 13.6 Å². The molecular weight excluding hydrogens is 250 g/mol. The largest absolute Gasteiger partial charge is 0.340 e. The maximum atomic E-state index is 12.1. The average Bonchev–Trinajstić information content (AvgIpc) is 2.40. The van der Waals surface area contributed by atoms with E-state index in [4.69, 9.17) is 11.6 Å². The fraction of sp³-hybridized carbons (Fsp3) is 0.615. The molecule has 2 rings (SSSR count). The molecule has 1 fully saturated rings. The van der Waals surface area contributed by atoms with Crippen LogP contribution in [0.4, 0.5) is 0 Å². The Balaban J connectivity index is 1.93. The highest BCUT2D eigenvalue weighted by Gasteiger charge is 2.20. The van der Waals surface area contributed by atoms with Crippen molar-refractivity contribution in [1.29, 1.82) is 0 Å². The summed E-state index contributed by atoms with van der Waals surface area (Å²) < 4.78 is 0. The molecule has 0 bridgehead atoms. The summed E-state index contributed by atoms with van der Waals surface area (Å²) in [5, 5.41) is 7.82. The summed E-state index contributed by atoms with van der Waals surface area (Å²) in [6.45, 7) is 0.809. The van der Waals surface area contributed by atoms with Crippen LogP contribution in [0.25, 0.3) is 0 Å². The monoisotopic (exact) mass is 267 g/mol. The number of carbonyl (C=O) groups is 1. The number of nitrogens with zero attached hydrogens (tertiary/aromatic N) is 3. The van der Waals surface area contributed by atoms with Crippen molar-refractivity contribution in [2.24, 2.45) is 5.92 Å². The van der Waals surface area contributed by atoms with E-state index >= 15 is 0 Å². The molecule has 1 heterocycles. The lowest BCUT2D eigenvalue weighted by Gasteiger charge is -2.26. The third-order valence-corrected chi connectivity index (χ3v) is 3.66. The highest BCUT2D eigenvalue weighted by molar-refractivity contribution is 6.29. The van der Waals surface area contributed by atoms with Gasteiger partial charge in [0.15, 0.2) is 10.8 Å². The van der Waals surface area contributed by atoms with Crippen LogP contribution < -0.4 is 0 Å². The first kappa shape index (κ1) is 13.3. The van der Waals surface area contributed by atoms with Gasteiger partial charge in [0.05, 0.1) is 0 Å². The van der Waals surface area contributed by atoms with Gasteiger partial charge in [-0.25, -0.2) is 0 Å². The first-order valence-electron chi connectivity index (χ1n) is 6.41. The first-order chi connectivity index (χ1) is 8.66. The minimum atomic E-state index is -0.0789. The normalized spacial score (nSPS) is 16.6. The van der Waals surface area contributed by atoms with E-state index in [-0.39, 0.29) is 5.91 Å². The Morgan fingerprint density at radius 1 is 1.33 bits per heavy atom. The van der Waals surface area contributed by atoms with E-state index in [0.29, 0.717) is 16.8 Å². The van der Waals surface area contributed by atoms with Crippen LogP contribution in [0, 0.1) is 5.92 Å². The zero-order valence-electron chi connectivity index (χ0n) is 10.6. The number of aromatic nitrogens is 2. The Bertz CT molecular complexity index is 401. The second kappa shape index (κ2) is 6.14. The van der Waals surface area contributed by atoms with Crippen molar-refractivity contribution in [3.63, 3.8) is 0 Å². The molecule has 5 heteroatoms. The van der Waals surface area contributed by atoms with E-state index in [1.54, 1.807) is 17.0 Å². The second-order valence-electron chi connectivity index (χ2n) is 4.93. The van der Waals surface area contributed by atoms with Gasteiger partial charge in [-0.2, -0.15) is 0 Å². The summed E-state index contributed by atoms with van der Waals surface area (Å²) in [4.78, 5) is 13.9. The predicted octanol–water partition coefficient (Wildman–Crippen LogP) is 2.78. The Morgan fingerprint density at radius 3 is 2.67 bits per heavy atom. The number of amides is 1. The van der Waals surface area contributed by atoms with Crippen molar-refractivity contribution in [2.45, 2.75) is 32.1 Å². The number of rotatable bonds is 3. The van der Waals surface area contributed by atoms with Crippen LogP contribution in [-0.2, 0) is 0 Å².